The number of rotatable bonds is 2. The van der Waals surface area contributed by atoms with Gasteiger partial charge in [-0.15, -0.1) is 0 Å². The Morgan fingerprint density at radius 2 is 1.56 bits per heavy atom. The molecule has 0 radical (unpaired) electrons. The molecule has 0 aliphatic carbocycles. The standard InChI is InChI=1S/C21H14ClNO2/c22-15-7-5-14(6-8-15)21-13-19(18-3-1-2-4-20(18)25-21)23-16-9-11-17(24)12-10-16/h1-13,24H. The lowest BCUT2D eigenvalue weighted by Gasteiger charge is -2.05. The minimum absolute atomic E-state index is 0.216. The van der Waals surface area contributed by atoms with Crippen molar-refractivity contribution in [1.29, 1.82) is 0 Å². The van der Waals surface area contributed by atoms with E-state index in [0.717, 1.165) is 27.6 Å². The third-order valence-electron chi connectivity index (χ3n) is 3.88. The van der Waals surface area contributed by atoms with Crippen LogP contribution in [0.4, 0.5) is 5.69 Å². The Morgan fingerprint density at radius 3 is 2.32 bits per heavy atom. The van der Waals surface area contributed by atoms with Crippen LogP contribution in [-0.4, -0.2) is 5.11 Å². The van der Waals surface area contributed by atoms with Crippen molar-refractivity contribution in [3.8, 4) is 17.1 Å². The number of hydrogen-bond donors (Lipinski definition) is 1. The summed E-state index contributed by atoms with van der Waals surface area (Å²) in [4.78, 5) is 4.72. The van der Waals surface area contributed by atoms with E-state index in [1.165, 1.54) is 0 Å². The van der Waals surface area contributed by atoms with Crippen molar-refractivity contribution in [3.05, 3.63) is 89.2 Å². The summed E-state index contributed by atoms with van der Waals surface area (Å²) in [6, 6.07) is 24.0. The first-order valence-corrected chi connectivity index (χ1v) is 8.19. The van der Waals surface area contributed by atoms with Crippen LogP contribution in [0.1, 0.15) is 0 Å². The lowest BCUT2D eigenvalue weighted by atomic mass is 10.1. The molecular formula is C21H14ClNO2. The van der Waals surface area contributed by atoms with Crippen LogP contribution in [-0.2, 0) is 0 Å². The molecule has 0 saturated carbocycles. The molecule has 0 aliphatic heterocycles. The summed E-state index contributed by atoms with van der Waals surface area (Å²) in [5.74, 6) is 0.932. The zero-order valence-corrected chi connectivity index (χ0v) is 13.9. The summed E-state index contributed by atoms with van der Waals surface area (Å²) in [5, 5.41) is 11.8. The maximum absolute atomic E-state index is 9.44. The Morgan fingerprint density at radius 1 is 0.840 bits per heavy atom. The highest BCUT2D eigenvalue weighted by Gasteiger charge is 2.06. The van der Waals surface area contributed by atoms with Crippen molar-refractivity contribution in [2.75, 3.05) is 0 Å². The zero-order chi connectivity index (χ0) is 17.2. The molecule has 4 aromatic rings. The molecule has 0 aliphatic rings. The first-order valence-electron chi connectivity index (χ1n) is 7.82. The van der Waals surface area contributed by atoms with Gasteiger partial charge < -0.3 is 9.52 Å². The molecule has 3 nitrogen and oxygen atoms in total. The van der Waals surface area contributed by atoms with Gasteiger partial charge in [0.05, 0.1) is 11.0 Å². The van der Waals surface area contributed by atoms with Crippen LogP contribution in [0.5, 0.6) is 5.75 Å². The van der Waals surface area contributed by atoms with Gasteiger partial charge in [0, 0.05) is 22.0 Å². The van der Waals surface area contributed by atoms with E-state index >= 15 is 0 Å². The predicted molar refractivity (Wildman–Crippen MR) is 100.0 cm³/mol. The highest BCUT2D eigenvalue weighted by molar-refractivity contribution is 6.30. The molecule has 0 unspecified atom stereocenters. The van der Waals surface area contributed by atoms with Crippen LogP contribution < -0.4 is 5.36 Å². The number of phenolic OH excluding ortho intramolecular Hbond substituents is 1. The topological polar surface area (TPSA) is 45.7 Å². The molecule has 1 heterocycles. The monoisotopic (exact) mass is 347 g/mol. The fourth-order valence-electron chi connectivity index (χ4n) is 2.63. The summed E-state index contributed by atoms with van der Waals surface area (Å²) in [6.07, 6.45) is 0. The maximum atomic E-state index is 9.44. The van der Waals surface area contributed by atoms with Gasteiger partial charge in [0.1, 0.15) is 17.1 Å². The Labute approximate surface area is 149 Å². The lowest BCUT2D eigenvalue weighted by Crippen LogP contribution is -2.02. The number of aromatic hydroxyl groups is 1. The van der Waals surface area contributed by atoms with E-state index in [2.05, 4.69) is 0 Å². The van der Waals surface area contributed by atoms with Gasteiger partial charge in [0.15, 0.2) is 0 Å². The number of para-hydroxylation sites is 1. The van der Waals surface area contributed by atoms with Gasteiger partial charge in [0.2, 0.25) is 0 Å². The molecule has 0 atom stereocenters. The van der Waals surface area contributed by atoms with Crippen LogP contribution in [0, 0.1) is 0 Å². The summed E-state index contributed by atoms with van der Waals surface area (Å²) >= 11 is 5.98. The van der Waals surface area contributed by atoms with Crippen molar-refractivity contribution in [1.82, 2.24) is 0 Å². The highest BCUT2D eigenvalue weighted by Crippen LogP contribution is 2.24. The van der Waals surface area contributed by atoms with E-state index in [9.17, 15) is 5.11 Å². The average Bonchev–Trinajstić information content (AvgIpc) is 2.64. The molecule has 4 heteroatoms. The minimum atomic E-state index is 0.216. The number of phenols is 1. The third kappa shape index (κ3) is 3.28. The summed E-state index contributed by atoms with van der Waals surface area (Å²) in [5.41, 5.74) is 2.45. The molecule has 0 bridgehead atoms. The van der Waals surface area contributed by atoms with Crippen molar-refractivity contribution in [2.24, 2.45) is 4.99 Å². The van der Waals surface area contributed by atoms with Crippen molar-refractivity contribution in [3.63, 3.8) is 0 Å². The van der Waals surface area contributed by atoms with E-state index in [-0.39, 0.29) is 5.75 Å². The SMILES string of the molecule is Oc1ccc(N=c2cc(-c3ccc(Cl)cc3)oc3ccccc23)cc1. The van der Waals surface area contributed by atoms with Crippen LogP contribution in [0.2, 0.25) is 5.02 Å². The van der Waals surface area contributed by atoms with Crippen LogP contribution in [0.3, 0.4) is 0 Å². The number of halogens is 1. The zero-order valence-electron chi connectivity index (χ0n) is 13.2. The van der Waals surface area contributed by atoms with E-state index in [4.69, 9.17) is 21.0 Å². The fourth-order valence-corrected chi connectivity index (χ4v) is 2.76. The Balaban J connectivity index is 1.95. The van der Waals surface area contributed by atoms with Crippen LogP contribution in [0.15, 0.2) is 88.3 Å². The second-order valence-electron chi connectivity index (χ2n) is 5.63. The van der Waals surface area contributed by atoms with Gasteiger partial charge in [-0.25, -0.2) is 4.99 Å². The number of hydrogen-bond acceptors (Lipinski definition) is 3. The number of benzene rings is 3. The van der Waals surface area contributed by atoms with Gasteiger partial charge in [-0.1, -0.05) is 23.7 Å². The van der Waals surface area contributed by atoms with Gasteiger partial charge in [-0.05, 0) is 60.7 Å². The predicted octanol–water partition coefficient (Wildman–Crippen LogP) is 5.69. The second kappa shape index (κ2) is 6.46. The van der Waals surface area contributed by atoms with Crippen molar-refractivity contribution in [2.45, 2.75) is 0 Å². The van der Waals surface area contributed by atoms with E-state index in [1.54, 1.807) is 24.3 Å². The quantitative estimate of drug-likeness (QED) is 0.506. The van der Waals surface area contributed by atoms with Crippen LogP contribution >= 0.6 is 11.6 Å². The first-order chi connectivity index (χ1) is 12.2. The van der Waals surface area contributed by atoms with Gasteiger partial charge in [-0.3, -0.25) is 0 Å². The van der Waals surface area contributed by atoms with Gasteiger partial charge in [-0.2, -0.15) is 0 Å². The van der Waals surface area contributed by atoms with E-state index in [1.807, 2.05) is 54.6 Å². The molecule has 0 spiro atoms. The molecule has 25 heavy (non-hydrogen) atoms. The largest absolute Gasteiger partial charge is 0.508 e. The molecule has 1 aromatic heterocycles. The van der Waals surface area contributed by atoms with Crippen molar-refractivity contribution >= 4 is 28.3 Å². The van der Waals surface area contributed by atoms with Gasteiger partial charge >= 0.3 is 0 Å². The molecule has 0 fully saturated rings. The molecular weight excluding hydrogens is 334 g/mol. The highest BCUT2D eigenvalue weighted by atomic mass is 35.5. The summed E-state index contributed by atoms with van der Waals surface area (Å²) in [6.45, 7) is 0. The molecule has 0 saturated heterocycles. The van der Waals surface area contributed by atoms with Crippen LogP contribution in [0.25, 0.3) is 22.3 Å². The maximum Gasteiger partial charge on any atom is 0.136 e. The van der Waals surface area contributed by atoms with E-state index in [0.29, 0.717) is 10.8 Å². The Hall–Kier alpha value is -3.04. The molecule has 3 aromatic carbocycles. The van der Waals surface area contributed by atoms with Gasteiger partial charge in [0.25, 0.3) is 0 Å². The molecule has 1 N–H and O–H groups in total. The fraction of sp³-hybridized carbons (Fsp3) is 0. The normalized spacial score (nSPS) is 11.8. The lowest BCUT2D eigenvalue weighted by molar-refractivity contribution is 0.475. The van der Waals surface area contributed by atoms with E-state index < -0.39 is 0 Å². The molecule has 4 rings (SSSR count). The third-order valence-corrected chi connectivity index (χ3v) is 4.13. The Bertz CT molecular complexity index is 1100. The summed E-state index contributed by atoms with van der Waals surface area (Å²) in [7, 11) is 0. The number of nitrogens with zero attached hydrogens (tertiary/aromatic N) is 1. The number of fused-ring (bicyclic) bond motifs is 1. The van der Waals surface area contributed by atoms with Crippen molar-refractivity contribution < 1.29 is 9.52 Å². The molecule has 0 amide bonds. The first kappa shape index (κ1) is 15.5. The smallest absolute Gasteiger partial charge is 0.136 e. The second-order valence-corrected chi connectivity index (χ2v) is 6.06. The molecule has 122 valence electrons. The average molecular weight is 348 g/mol. The Kier molecular flexibility index (Phi) is 4.00. The summed E-state index contributed by atoms with van der Waals surface area (Å²) < 4.78 is 6.04. The minimum Gasteiger partial charge on any atom is -0.508 e.